The molecule has 3 aliphatic rings. The number of amides is 2. The molecule has 0 spiro atoms. The first-order valence-electron chi connectivity index (χ1n) is 8.31. The van der Waals surface area contributed by atoms with Crippen LogP contribution in [0.4, 0.5) is 0 Å². The summed E-state index contributed by atoms with van der Waals surface area (Å²) in [6.07, 6.45) is 7.01. The quantitative estimate of drug-likeness (QED) is 0.854. The molecule has 2 aliphatic carbocycles. The average Bonchev–Trinajstić information content (AvgIpc) is 3.33. The summed E-state index contributed by atoms with van der Waals surface area (Å²) in [5, 5.41) is 2.96. The second-order valence-corrected chi connectivity index (χ2v) is 6.67. The number of methoxy groups -OCH3 is 1. The summed E-state index contributed by atoms with van der Waals surface area (Å²) < 4.78 is 5.49. The fourth-order valence-electron chi connectivity index (χ4n) is 3.90. The molecule has 3 fully saturated rings. The Kier molecular flexibility index (Phi) is 4.20. The highest BCUT2D eigenvalue weighted by Gasteiger charge is 2.48. The minimum atomic E-state index is -0.298. The Morgan fingerprint density at radius 1 is 1.24 bits per heavy atom. The van der Waals surface area contributed by atoms with Gasteiger partial charge in [0.1, 0.15) is 12.1 Å². The van der Waals surface area contributed by atoms with Crippen LogP contribution in [0.15, 0.2) is 0 Å². The molecule has 4 atom stereocenters. The van der Waals surface area contributed by atoms with Crippen LogP contribution in [-0.4, -0.2) is 48.1 Å². The summed E-state index contributed by atoms with van der Waals surface area (Å²) in [6.45, 7) is 1.98. The minimum Gasteiger partial charge on any atom is -0.381 e. The molecule has 0 radical (unpaired) electrons. The number of ether oxygens (including phenoxy) is 1. The molecule has 0 aromatic carbocycles. The second kappa shape index (κ2) is 5.95. The highest BCUT2D eigenvalue weighted by molar-refractivity contribution is 5.97. The van der Waals surface area contributed by atoms with E-state index < -0.39 is 0 Å². The lowest BCUT2D eigenvalue weighted by Gasteiger charge is -2.45. The molecule has 0 aromatic heterocycles. The first kappa shape index (κ1) is 14.8. The van der Waals surface area contributed by atoms with Gasteiger partial charge in [-0.2, -0.15) is 0 Å². The van der Waals surface area contributed by atoms with Gasteiger partial charge in [-0.05, 0) is 50.9 Å². The topological polar surface area (TPSA) is 58.6 Å². The molecule has 1 N–H and O–H groups in total. The maximum Gasteiger partial charge on any atom is 0.246 e. The number of nitrogens with one attached hydrogen (secondary N) is 1. The minimum absolute atomic E-state index is 0.0357. The molecule has 1 aliphatic heterocycles. The van der Waals surface area contributed by atoms with Crippen LogP contribution in [0, 0.1) is 5.92 Å². The molecule has 2 amide bonds. The smallest absolute Gasteiger partial charge is 0.246 e. The number of hydrogen-bond donors (Lipinski definition) is 1. The second-order valence-electron chi connectivity index (χ2n) is 6.67. The van der Waals surface area contributed by atoms with E-state index in [4.69, 9.17) is 4.74 Å². The summed E-state index contributed by atoms with van der Waals surface area (Å²) in [5.41, 5.74) is 0. The standard InChI is InChI=1S/C16H26N2O3/c1-3-13-15(19)17-14(10-7-8-10)16(20)18(13)11-5-4-6-12(9-11)21-2/h10-14H,3-9H2,1-2H3,(H,17,19). The van der Waals surface area contributed by atoms with Crippen molar-refractivity contribution in [3.05, 3.63) is 0 Å². The molecule has 0 aromatic rings. The van der Waals surface area contributed by atoms with E-state index in [2.05, 4.69) is 5.32 Å². The highest BCUT2D eigenvalue weighted by Crippen LogP contribution is 2.37. The van der Waals surface area contributed by atoms with Gasteiger partial charge in [-0.25, -0.2) is 0 Å². The first-order chi connectivity index (χ1) is 10.2. The lowest BCUT2D eigenvalue weighted by molar-refractivity contribution is -0.154. The van der Waals surface area contributed by atoms with Gasteiger partial charge in [0, 0.05) is 13.2 Å². The summed E-state index contributed by atoms with van der Waals surface area (Å²) >= 11 is 0. The van der Waals surface area contributed by atoms with Crippen LogP contribution >= 0.6 is 0 Å². The lowest BCUT2D eigenvalue weighted by atomic mass is 9.88. The van der Waals surface area contributed by atoms with Crippen LogP contribution in [-0.2, 0) is 14.3 Å². The predicted molar refractivity (Wildman–Crippen MR) is 78.6 cm³/mol. The SMILES string of the molecule is CCC1C(=O)NC(C2CC2)C(=O)N1C1CCCC(OC)C1. The molecule has 3 rings (SSSR count). The van der Waals surface area contributed by atoms with Crippen molar-refractivity contribution in [2.24, 2.45) is 5.92 Å². The van der Waals surface area contributed by atoms with Gasteiger partial charge < -0.3 is 15.0 Å². The van der Waals surface area contributed by atoms with E-state index in [9.17, 15) is 9.59 Å². The average molecular weight is 294 g/mol. The van der Waals surface area contributed by atoms with Gasteiger partial charge in [0.15, 0.2) is 0 Å². The molecule has 2 saturated carbocycles. The van der Waals surface area contributed by atoms with Gasteiger partial charge >= 0.3 is 0 Å². The van der Waals surface area contributed by atoms with Crippen molar-refractivity contribution in [1.82, 2.24) is 10.2 Å². The zero-order chi connectivity index (χ0) is 15.0. The number of piperazine rings is 1. The Bertz CT molecular complexity index is 422. The third-order valence-corrected chi connectivity index (χ3v) is 5.26. The van der Waals surface area contributed by atoms with Crippen LogP contribution in [0.5, 0.6) is 0 Å². The Balaban J connectivity index is 1.80. The fraction of sp³-hybridized carbons (Fsp3) is 0.875. The Hall–Kier alpha value is -1.10. The maximum absolute atomic E-state index is 12.9. The van der Waals surface area contributed by atoms with E-state index >= 15 is 0 Å². The molecule has 4 unspecified atom stereocenters. The van der Waals surface area contributed by atoms with Gasteiger partial charge in [-0.3, -0.25) is 9.59 Å². The molecule has 118 valence electrons. The third-order valence-electron chi connectivity index (χ3n) is 5.26. The fourth-order valence-corrected chi connectivity index (χ4v) is 3.90. The van der Waals surface area contributed by atoms with Gasteiger partial charge in [0.25, 0.3) is 0 Å². The predicted octanol–water partition coefficient (Wildman–Crippen LogP) is 1.46. The van der Waals surface area contributed by atoms with Crippen LogP contribution in [0.3, 0.4) is 0 Å². The normalized spacial score (nSPS) is 37.5. The van der Waals surface area contributed by atoms with Gasteiger partial charge in [-0.15, -0.1) is 0 Å². The van der Waals surface area contributed by atoms with E-state index in [-0.39, 0.29) is 36.0 Å². The van der Waals surface area contributed by atoms with Gasteiger partial charge in [0.05, 0.1) is 6.10 Å². The van der Waals surface area contributed by atoms with E-state index in [0.29, 0.717) is 12.3 Å². The molecule has 1 saturated heterocycles. The number of nitrogens with zero attached hydrogens (tertiary/aromatic N) is 1. The van der Waals surface area contributed by atoms with E-state index in [1.807, 2.05) is 11.8 Å². The van der Waals surface area contributed by atoms with E-state index in [1.54, 1.807) is 7.11 Å². The molecular weight excluding hydrogens is 268 g/mol. The number of carbonyl (C=O) groups excluding carboxylic acids is 2. The molecule has 21 heavy (non-hydrogen) atoms. The Morgan fingerprint density at radius 3 is 2.62 bits per heavy atom. The van der Waals surface area contributed by atoms with Crippen molar-refractivity contribution >= 4 is 11.8 Å². The number of hydrogen-bond acceptors (Lipinski definition) is 3. The molecule has 5 heteroatoms. The van der Waals surface area contributed by atoms with E-state index in [0.717, 1.165) is 38.5 Å². The Labute approximate surface area is 126 Å². The molecule has 5 nitrogen and oxygen atoms in total. The third kappa shape index (κ3) is 2.80. The van der Waals surface area contributed by atoms with Crippen molar-refractivity contribution in [2.75, 3.05) is 7.11 Å². The monoisotopic (exact) mass is 294 g/mol. The first-order valence-corrected chi connectivity index (χ1v) is 8.31. The van der Waals surface area contributed by atoms with Crippen molar-refractivity contribution in [2.45, 2.75) is 76.1 Å². The largest absolute Gasteiger partial charge is 0.381 e. The van der Waals surface area contributed by atoms with Crippen LogP contribution in [0.25, 0.3) is 0 Å². The van der Waals surface area contributed by atoms with Gasteiger partial charge in [0.2, 0.25) is 11.8 Å². The molecular formula is C16H26N2O3. The highest BCUT2D eigenvalue weighted by atomic mass is 16.5. The van der Waals surface area contributed by atoms with Crippen molar-refractivity contribution in [3.8, 4) is 0 Å². The van der Waals surface area contributed by atoms with E-state index in [1.165, 1.54) is 0 Å². The summed E-state index contributed by atoms with van der Waals surface area (Å²) in [7, 11) is 1.74. The number of carbonyl (C=O) groups is 2. The zero-order valence-corrected chi connectivity index (χ0v) is 13.0. The number of rotatable bonds is 4. The van der Waals surface area contributed by atoms with Crippen molar-refractivity contribution < 1.29 is 14.3 Å². The van der Waals surface area contributed by atoms with Crippen molar-refractivity contribution in [1.29, 1.82) is 0 Å². The summed E-state index contributed by atoms with van der Waals surface area (Å²) in [5.74, 6) is 0.544. The molecule has 0 bridgehead atoms. The van der Waals surface area contributed by atoms with Crippen LogP contribution < -0.4 is 5.32 Å². The van der Waals surface area contributed by atoms with Gasteiger partial charge in [-0.1, -0.05) is 6.92 Å². The zero-order valence-electron chi connectivity index (χ0n) is 13.0. The summed E-state index contributed by atoms with van der Waals surface area (Å²) in [6, 6.07) is -0.412. The van der Waals surface area contributed by atoms with Crippen LogP contribution in [0.1, 0.15) is 51.9 Å². The maximum atomic E-state index is 12.9. The summed E-state index contributed by atoms with van der Waals surface area (Å²) in [4.78, 5) is 27.2. The Morgan fingerprint density at radius 2 is 2.00 bits per heavy atom. The lowest BCUT2D eigenvalue weighted by Crippen LogP contribution is -2.66. The van der Waals surface area contributed by atoms with Crippen LogP contribution in [0.2, 0.25) is 0 Å². The van der Waals surface area contributed by atoms with Crippen molar-refractivity contribution in [3.63, 3.8) is 0 Å². The molecule has 1 heterocycles.